The van der Waals surface area contributed by atoms with Crippen LogP contribution in [-0.4, -0.2) is 5.97 Å². The zero-order valence-corrected chi connectivity index (χ0v) is 10.2. The van der Waals surface area contributed by atoms with E-state index in [0.717, 1.165) is 17.5 Å². The van der Waals surface area contributed by atoms with Gasteiger partial charge < -0.3 is 4.74 Å². The number of ether oxygens (including phenoxy) is 1. The number of carbonyl (C=O) groups excluding carboxylic acids is 1. The smallest absolute Gasteiger partial charge is 0.339 e. The maximum Gasteiger partial charge on any atom is 0.339 e. The molecule has 2 aromatic rings. The van der Waals surface area contributed by atoms with Crippen LogP contribution in [0.5, 0.6) is 0 Å². The Kier molecular flexibility index (Phi) is 2.63. The maximum atomic E-state index is 11.8. The zero-order valence-electron chi connectivity index (χ0n) is 10.2. The molecule has 90 valence electrons. The monoisotopic (exact) mass is 238 g/mol. The molecule has 2 heteroatoms. The lowest BCUT2D eigenvalue weighted by Crippen LogP contribution is -2.02. The van der Waals surface area contributed by atoms with Gasteiger partial charge in [-0.2, -0.15) is 0 Å². The molecule has 3 rings (SSSR count). The summed E-state index contributed by atoms with van der Waals surface area (Å²) in [5, 5.41) is 0. The number of aryl methyl sites for hydroxylation is 1. The predicted octanol–water partition coefficient (Wildman–Crippen LogP) is 3.45. The number of hydrogen-bond acceptors (Lipinski definition) is 2. The summed E-state index contributed by atoms with van der Waals surface area (Å²) in [5.41, 5.74) is 4.07. The summed E-state index contributed by atoms with van der Waals surface area (Å²) >= 11 is 0. The van der Waals surface area contributed by atoms with E-state index in [0.29, 0.717) is 5.56 Å². The van der Waals surface area contributed by atoms with Gasteiger partial charge in [0.15, 0.2) is 0 Å². The molecule has 0 bridgehead atoms. The molecule has 0 saturated heterocycles. The van der Waals surface area contributed by atoms with Crippen LogP contribution in [0.2, 0.25) is 0 Å². The second-order valence-electron chi connectivity index (χ2n) is 4.67. The molecule has 0 spiro atoms. The number of hydrogen-bond donors (Lipinski definition) is 0. The van der Waals surface area contributed by atoms with E-state index in [1.54, 1.807) is 0 Å². The number of benzene rings is 2. The van der Waals surface area contributed by atoms with Gasteiger partial charge in [-0.15, -0.1) is 0 Å². The number of fused-ring (bicyclic) bond motifs is 1. The minimum atomic E-state index is -0.203. The summed E-state index contributed by atoms with van der Waals surface area (Å²) in [6, 6.07) is 16.0. The molecule has 0 amide bonds. The van der Waals surface area contributed by atoms with Crippen LogP contribution in [-0.2, 0) is 11.2 Å². The highest BCUT2D eigenvalue weighted by molar-refractivity contribution is 5.94. The van der Waals surface area contributed by atoms with Crippen molar-refractivity contribution in [1.29, 1.82) is 0 Å². The summed E-state index contributed by atoms with van der Waals surface area (Å²) in [7, 11) is 0. The van der Waals surface area contributed by atoms with E-state index in [9.17, 15) is 4.79 Å². The molecule has 0 aliphatic carbocycles. The standard InChI is InChI=1S/C16H14O2/c1-11-7-8-13-14(9-11)15(18-16(13)17)10-12-5-3-2-4-6-12/h2-9,15H,10H2,1H3. The van der Waals surface area contributed by atoms with Gasteiger partial charge in [0.2, 0.25) is 0 Å². The van der Waals surface area contributed by atoms with E-state index >= 15 is 0 Å². The summed E-state index contributed by atoms with van der Waals surface area (Å²) in [5.74, 6) is -0.203. The number of rotatable bonds is 2. The first-order valence-corrected chi connectivity index (χ1v) is 6.09. The van der Waals surface area contributed by atoms with E-state index in [1.165, 1.54) is 5.56 Å². The average Bonchev–Trinajstić information content (AvgIpc) is 2.67. The molecule has 0 radical (unpaired) electrons. The second kappa shape index (κ2) is 4.30. The summed E-state index contributed by atoms with van der Waals surface area (Å²) in [6.45, 7) is 2.03. The van der Waals surface area contributed by atoms with Crippen LogP contribution >= 0.6 is 0 Å². The molecule has 0 fully saturated rings. The third-order valence-electron chi connectivity index (χ3n) is 3.29. The fourth-order valence-electron chi connectivity index (χ4n) is 2.37. The van der Waals surface area contributed by atoms with Crippen LogP contribution in [0.15, 0.2) is 48.5 Å². The van der Waals surface area contributed by atoms with E-state index in [4.69, 9.17) is 4.74 Å². The molecule has 1 heterocycles. The largest absolute Gasteiger partial charge is 0.454 e. The summed E-state index contributed by atoms with van der Waals surface area (Å²) in [6.07, 6.45) is 0.595. The van der Waals surface area contributed by atoms with E-state index in [1.807, 2.05) is 43.3 Å². The van der Waals surface area contributed by atoms with Crippen molar-refractivity contribution in [3.63, 3.8) is 0 Å². The predicted molar refractivity (Wildman–Crippen MR) is 69.5 cm³/mol. The van der Waals surface area contributed by atoms with Gasteiger partial charge in [0, 0.05) is 12.0 Å². The molecule has 0 N–H and O–H groups in total. The lowest BCUT2D eigenvalue weighted by atomic mass is 9.98. The number of esters is 1. The van der Waals surface area contributed by atoms with Crippen LogP contribution in [0.25, 0.3) is 0 Å². The molecule has 1 aliphatic rings. The Morgan fingerprint density at radius 3 is 2.67 bits per heavy atom. The van der Waals surface area contributed by atoms with Gasteiger partial charge in [0.1, 0.15) is 6.10 Å². The Morgan fingerprint density at radius 1 is 1.11 bits per heavy atom. The fourth-order valence-corrected chi connectivity index (χ4v) is 2.37. The summed E-state index contributed by atoms with van der Waals surface area (Å²) in [4.78, 5) is 11.8. The third kappa shape index (κ3) is 1.90. The Morgan fingerprint density at radius 2 is 1.89 bits per heavy atom. The highest BCUT2D eigenvalue weighted by Crippen LogP contribution is 2.33. The molecule has 2 nitrogen and oxygen atoms in total. The minimum Gasteiger partial charge on any atom is -0.454 e. The van der Waals surface area contributed by atoms with E-state index in [2.05, 4.69) is 12.1 Å². The molecule has 18 heavy (non-hydrogen) atoms. The first kappa shape index (κ1) is 11.0. The topological polar surface area (TPSA) is 26.3 Å². The molecule has 1 unspecified atom stereocenters. The number of cyclic esters (lactones) is 1. The highest BCUT2D eigenvalue weighted by Gasteiger charge is 2.30. The van der Waals surface area contributed by atoms with Crippen LogP contribution in [0, 0.1) is 6.92 Å². The molecule has 1 atom stereocenters. The Hall–Kier alpha value is -2.09. The third-order valence-corrected chi connectivity index (χ3v) is 3.29. The van der Waals surface area contributed by atoms with Crippen molar-refractivity contribution in [2.75, 3.05) is 0 Å². The van der Waals surface area contributed by atoms with Gasteiger partial charge in [0.25, 0.3) is 0 Å². The fraction of sp³-hybridized carbons (Fsp3) is 0.188. The number of carbonyl (C=O) groups is 1. The van der Waals surface area contributed by atoms with Crippen molar-refractivity contribution < 1.29 is 9.53 Å². The van der Waals surface area contributed by atoms with Crippen molar-refractivity contribution >= 4 is 5.97 Å². The van der Waals surface area contributed by atoms with Gasteiger partial charge in [-0.1, -0.05) is 48.0 Å². The van der Waals surface area contributed by atoms with Gasteiger partial charge >= 0.3 is 5.97 Å². The molecule has 0 aromatic heterocycles. The second-order valence-corrected chi connectivity index (χ2v) is 4.67. The van der Waals surface area contributed by atoms with E-state index < -0.39 is 0 Å². The van der Waals surface area contributed by atoms with Gasteiger partial charge in [-0.25, -0.2) is 4.79 Å². The van der Waals surface area contributed by atoms with Gasteiger partial charge in [0.05, 0.1) is 5.56 Å². The van der Waals surface area contributed by atoms with E-state index in [-0.39, 0.29) is 12.1 Å². The lowest BCUT2D eigenvalue weighted by Gasteiger charge is -2.11. The lowest BCUT2D eigenvalue weighted by molar-refractivity contribution is 0.0387. The van der Waals surface area contributed by atoms with Gasteiger partial charge in [-0.05, 0) is 18.6 Å². The first-order chi connectivity index (χ1) is 8.74. The van der Waals surface area contributed by atoms with Crippen LogP contribution < -0.4 is 0 Å². The van der Waals surface area contributed by atoms with Crippen LogP contribution in [0.3, 0.4) is 0 Å². The average molecular weight is 238 g/mol. The molecular formula is C16H14O2. The molecular weight excluding hydrogens is 224 g/mol. The van der Waals surface area contributed by atoms with Crippen LogP contribution in [0.1, 0.15) is 33.2 Å². The van der Waals surface area contributed by atoms with Crippen molar-refractivity contribution in [2.45, 2.75) is 19.4 Å². The Balaban J connectivity index is 1.93. The minimum absolute atomic E-state index is 0.144. The van der Waals surface area contributed by atoms with Gasteiger partial charge in [-0.3, -0.25) is 0 Å². The van der Waals surface area contributed by atoms with Crippen LogP contribution in [0.4, 0.5) is 0 Å². The van der Waals surface area contributed by atoms with Crippen molar-refractivity contribution in [2.24, 2.45) is 0 Å². The molecule has 0 saturated carbocycles. The summed E-state index contributed by atoms with van der Waals surface area (Å²) < 4.78 is 5.45. The molecule has 2 aromatic carbocycles. The SMILES string of the molecule is Cc1ccc2c(c1)C(Cc1ccccc1)OC2=O. The zero-order chi connectivity index (χ0) is 12.5. The normalized spacial score (nSPS) is 17.4. The van der Waals surface area contributed by atoms with Crippen molar-refractivity contribution in [1.82, 2.24) is 0 Å². The van der Waals surface area contributed by atoms with Crippen molar-refractivity contribution in [3.8, 4) is 0 Å². The quantitative estimate of drug-likeness (QED) is 0.749. The Bertz CT molecular complexity index is 587. The molecule has 1 aliphatic heterocycles. The first-order valence-electron chi connectivity index (χ1n) is 6.09. The van der Waals surface area contributed by atoms with Crippen molar-refractivity contribution in [3.05, 3.63) is 70.8 Å². The maximum absolute atomic E-state index is 11.8. The highest BCUT2D eigenvalue weighted by atomic mass is 16.5. The Labute approximate surface area is 106 Å².